The van der Waals surface area contributed by atoms with E-state index >= 15 is 0 Å². The molecule has 3 N–H and O–H groups in total. The molecule has 0 saturated carbocycles. The third kappa shape index (κ3) is 3.39. The first-order chi connectivity index (χ1) is 12.7. The van der Waals surface area contributed by atoms with Crippen molar-refractivity contribution in [3.05, 3.63) is 60.4 Å². The van der Waals surface area contributed by atoms with Gasteiger partial charge in [0.15, 0.2) is 0 Å². The Morgan fingerprint density at radius 1 is 1.27 bits per heavy atom. The van der Waals surface area contributed by atoms with Crippen molar-refractivity contribution < 1.29 is 4.79 Å². The number of amides is 1. The first-order valence-electron chi connectivity index (χ1n) is 8.79. The number of rotatable bonds is 5. The molecule has 7 nitrogen and oxygen atoms in total. The number of nitrogens with one attached hydrogen (secondary N) is 3. The van der Waals surface area contributed by atoms with Crippen LogP contribution in [0.2, 0.25) is 0 Å². The van der Waals surface area contributed by atoms with Gasteiger partial charge >= 0.3 is 0 Å². The standard InChI is InChI=1S/C19H22N6O/c1-25-12-20-11-16(25)18-15(7-8-17(26)24-18)21-9-14-10-22-19(23-14)13-5-3-2-4-6-13/h2-6,10-12,15,18,21H,7-9H2,1H3,(H,22,23)(H,24,26)/t15-,18-/m1/s1. The predicted molar refractivity (Wildman–Crippen MR) is 98.0 cm³/mol. The average molecular weight is 350 g/mol. The zero-order valence-electron chi connectivity index (χ0n) is 14.6. The van der Waals surface area contributed by atoms with Crippen LogP contribution in [0.1, 0.15) is 30.3 Å². The van der Waals surface area contributed by atoms with Crippen molar-refractivity contribution in [1.82, 2.24) is 30.2 Å². The largest absolute Gasteiger partial charge is 0.346 e. The number of hydrogen-bond acceptors (Lipinski definition) is 4. The van der Waals surface area contributed by atoms with Gasteiger partial charge in [-0.1, -0.05) is 30.3 Å². The fraction of sp³-hybridized carbons (Fsp3) is 0.316. The van der Waals surface area contributed by atoms with Crippen LogP contribution in [-0.2, 0) is 18.4 Å². The van der Waals surface area contributed by atoms with Gasteiger partial charge in [0.25, 0.3) is 0 Å². The van der Waals surface area contributed by atoms with Crippen molar-refractivity contribution in [2.24, 2.45) is 7.05 Å². The number of hydrogen-bond donors (Lipinski definition) is 3. The number of imidazole rings is 2. The molecular formula is C19H22N6O. The summed E-state index contributed by atoms with van der Waals surface area (Å²) in [5.74, 6) is 0.949. The maximum atomic E-state index is 11.9. The highest BCUT2D eigenvalue weighted by Gasteiger charge is 2.31. The number of nitrogens with zero attached hydrogens (tertiary/aromatic N) is 3. The highest BCUT2D eigenvalue weighted by molar-refractivity contribution is 5.77. The van der Waals surface area contributed by atoms with Crippen molar-refractivity contribution in [3.63, 3.8) is 0 Å². The van der Waals surface area contributed by atoms with Crippen molar-refractivity contribution >= 4 is 5.91 Å². The quantitative estimate of drug-likeness (QED) is 0.656. The molecule has 7 heteroatoms. The molecule has 0 bridgehead atoms. The van der Waals surface area contributed by atoms with E-state index in [-0.39, 0.29) is 18.0 Å². The van der Waals surface area contributed by atoms with Gasteiger partial charge in [0.05, 0.1) is 24.3 Å². The fourth-order valence-electron chi connectivity index (χ4n) is 3.40. The van der Waals surface area contributed by atoms with Gasteiger partial charge in [-0.15, -0.1) is 0 Å². The van der Waals surface area contributed by atoms with Crippen molar-refractivity contribution in [2.45, 2.75) is 31.5 Å². The van der Waals surface area contributed by atoms with Gasteiger partial charge in [-0.2, -0.15) is 0 Å². The summed E-state index contributed by atoms with van der Waals surface area (Å²) in [6.07, 6.45) is 6.75. The van der Waals surface area contributed by atoms with Crippen molar-refractivity contribution in [2.75, 3.05) is 0 Å². The molecule has 1 saturated heterocycles. The van der Waals surface area contributed by atoms with Crippen LogP contribution in [0.3, 0.4) is 0 Å². The van der Waals surface area contributed by atoms with Crippen molar-refractivity contribution in [3.8, 4) is 11.4 Å². The zero-order chi connectivity index (χ0) is 17.9. The third-order valence-corrected chi connectivity index (χ3v) is 4.80. The van der Waals surface area contributed by atoms with Crippen molar-refractivity contribution in [1.29, 1.82) is 0 Å². The summed E-state index contributed by atoms with van der Waals surface area (Å²) < 4.78 is 1.95. The number of aryl methyl sites for hydroxylation is 1. The number of benzene rings is 1. The molecule has 1 amide bonds. The minimum atomic E-state index is -0.0831. The number of carbonyl (C=O) groups excluding carboxylic acids is 1. The summed E-state index contributed by atoms with van der Waals surface area (Å²) in [6.45, 7) is 0.661. The summed E-state index contributed by atoms with van der Waals surface area (Å²) in [6, 6.07) is 10.1. The molecule has 3 heterocycles. The lowest BCUT2D eigenvalue weighted by molar-refractivity contribution is -0.124. The number of piperidine rings is 1. The van der Waals surface area contributed by atoms with Gasteiger partial charge in [-0.3, -0.25) is 4.79 Å². The van der Waals surface area contributed by atoms with E-state index in [1.807, 2.05) is 54.3 Å². The Bertz CT molecular complexity index is 884. The van der Waals surface area contributed by atoms with Crippen LogP contribution in [0.15, 0.2) is 49.1 Å². The van der Waals surface area contributed by atoms with Crippen LogP contribution in [0.25, 0.3) is 11.4 Å². The Morgan fingerprint density at radius 2 is 2.12 bits per heavy atom. The van der Waals surface area contributed by atoms with Gasteiger partial charge < -0.3 is 20.2 Å². The lowest BCUT2D eigenvalue weighted by atomic mass is 9.95. The molecule has 0 aliphatic carbocycles. The van der Waals surface area contributed by atoms with E-state index in [9.17, 15) is 4.79 Å². The fourth-order valence-corrected chi connectivity index (χ4v) is 3.40. The summed E-state index contributed by atoms with van der Waals surface area (Å²) in [5, 5.41) is 6.65. The molecule has 2 aromatic heterocycles. The Kier molecular flexibility index (Phi) is 4.53. The molecular weight excluding hydrogens is 328 g/mol. The minimum absolute atomic E-state index is 0.0831. The van der Waals surface area contributed by atoms with E-state index < -0.39 is 0 Å². The maximum Gasteiger partial charge on any atom is 0.220 e. The predicted octanol–water partition coefficient (Wildman–Crippen LogP) is 1.92. The van der Waals surface area contributed by atoms with Gasteiger partial charge in [0.1, 0.15) is 5.82 Å². The molecule has 2 atom stereocenters. The molecule has 1 aliphatic rings. The molecule has 26 heavy (non-hydrogen) atoms. The second kappa shape index (κ2) is 7.13. The second-order valence-corrected chi connectivity index (χ2v) is 6.62. The average Bonchev–Trinajstić information content (AvgIpc) is 3.30. The lowest BCUT2D eigenvalue weighted by Crippen LogP contribution is -2.48. The van der Waals surface area contributed by atoms with Crippen LogP contribution >= 0.6 is 0 Å². The molecule has 4 rings (SSSR count). The number of carbonyl (C=O) groups is 1. The maximum absolute atomic E-state index is 11.9. The Labute approximate surface area is 151 Å². The van der Waals surface area contributed by atoms with E-state index in [2.05, 4.69) is 25.6 Å². The third-order valence-electron chi connectivity index (χ3n) is 4.80. The first kappa shape index (κ1) is 16.5. The topological polar surface area (TPSA) is 87.6 Å². The minimum Gasteiger partial charge on any atom is -0.346 e. The van der Waals surface area contributed by atoms with Crippen LogP contribution < -0.4 is 10.6 Å². The Morgan fingerprint density at radius 3 is 2.88 bits per heavy atom. The Balaban J connectivity index is 1.45. The SMILES string of the molecule is Cn1cncc1[C@@H]1NC(=O)CC[C@H]1NCc1cnc(-c2ccccc2)[nH]1. The molecule has 0 spiro atoms. The van der Waals surface area contributed by atoms with E-state index in [1.165, 1.54) is 0 Å². The highest BCUT2D eigenvalue weighted by Crippen LogP contribution is 2.24. The summed E-state index contributed by atoms with van der Waals surface area (Å²) in [4.78, 5) is 23.9. The van der Waals surface area contributed by atoms with Gasteiger partial charge in [0, 0.05) is 43.5 Å². The van der Waals surface area contributed by atoms with Crippen LogP contribution in [0, 0.1) is 0 Å². The normalized spacial score (nSPS) is 20.1. The van der Waals surface area contributed by atoms with Crippen LogP contribution in [-0.4, -0.2) is 31.5 Å². The summed E-state index contributed by atoms with van der Waals surface area (Å²) in [7, 11) is 1.95. The second-order valence-electron chi connectivity index (χ2n) is 6.62. The van der Waals surface area contributed by atoms with E-state index in [0.29, 0.717) is 13.0 Å². The van der Waals surface area contributed by atoms with E-state index in [1.54, 1.807) is 6.33 Å². The number of H-pyrrole nitrogens is 1. The van der Waals surface area contributed by atoms with E-state index in [4.69, 9.17) is 0 Å². The van der Waals surface area contributed by atoms with Crippen LogP contribution in [0.5, 0.6) is 0 Å². The molecule has 0 radical (unpaired) electrons. The molecule has 1 fully saturated rings. The first-order valence-corrected chi connectivity index (χ1v) is 8.79. The molecule has 134 valence electrons. The van der Waals surface area contributed by atoms with E-state index in [0.717, 1.165) is 29.2 Å². The number of aromatic amines is 1. The van der Waals surface area contributed by atoms with Gasteiger partial charge in [-0.05, 0) is 6.42 Å². The number of aromatic nitrogens is 4. The lowest BCUT2D eigenvalue weighted by Gasteiger charge is -2.33. The molecule has 1 aliphatic heterocycles. The molecule has 1 aromatic carbocycles. The van der Waals surface area contributed by atoms with Gasteiger partial charge in [0.2, 0.25) is 5.91 Å². The summed E-state index contributed by atoms with van der Waals surface area (Å²) >= 11 is 0. The molecule has 3 aromatic rings. The summed E-state index contributed by atoms with van der Waals surface area (Å²) in [5.41, 5.74) is 3.09. The zero-order valence-corrected chi connectivity index (χ0v) is 14.6. The smallest absolute Gasteiger partial charge is 0.220 e. The molecule has 0 unspecified atom stereocenters. The van der Waals surface area contributed by atoms with Gasteiger partial charge in [-0.25, -0.2) is 9.97 Å². The van der Waals surface area contributed by atoms with Crippen LogP contribution in [0.4, 0.5) is 0 Å². The monoisotopic (exact) mass is 350 g/mol. The highest BCUT2D eigenvalue weighted by atomic mass is 16.1. The Hall–Kier alpha value is -2.93.